The normalized spacial score (nSPS) is 11.0. The molecule has 0 atom stereocenters. The zero-order chi connectivity index (χ0) is 21.6. The van der Waals surface area contributed by atoms with E-state index in [-0.39, 0.29) is 5.75 Å². The van der Waals surface area contributed by atoms with Crippen LogP contribution in [0.15, 0.2) is 65.8 Å². The molecule has 3 amide bonds. The fraction of sp³-hybridized carbons (Fsp3) is 0.227. The van der Waals surface area contributed by atoms with E-state index in [1.807, 2.05) is 81.4 Å². The van der Waals surface area contributed by atoms with E-state index < -0.39 is 17.5 Å². The Morgan fingerprint density at radius 2 is 1.43 bits per heavy atom. The number of nitrogens with zero attached hydrogens (tertiary/aromatic N) is 3. The van der Waals surface area contributed by atoms with Gasteiger partial charge in [-0.1, -0.05) is 72.4 Å². The second kappa shape index (κ2) is 9.49. The van der Waals surface area contributed by atoms with Gasteiger partial charge in [0, 0.05) is 16.7 Å². The minimum absolute atomic E-state index is 0.00183. The minimum Gasteiger partial charge on any atom is -0.333 e. The molecule has 3 aromatic rings. The van der Waals surface area contributed by atoms with Gasteiger partial charge in [0.05, 0.1) is 5.75 Å². The third kappa shape index (κ3) is 6.12. The fourth-order valence-corrected chi connectivity index (χ4v) is 3.21. The number of thioether (sulfide) groups is 1. The van der Waals surface area contributed by atoms with Gasteiger partial charge in [-0.3, -0.25) is 10.1 Å². The van der Waals surface area contributed by atoms with Gasteiger partial charge in [-0.05, 0) is 20.8 Å². The van der Waals surface area contributed by atoms with Crippen molar-refractivity contribution in [1.82, 2.24) is 25.8 Å². The minimum atomic E-state index is -0.531. The maximum atomic E-state index is 12.1. The molecule has 0 spiro atoms. The van der Waals surface area contributed by atoms with Crippen molar-refractivity contribution in [3.63, 3.8) is 0 Å². The summed E-state index contributed by atoms with van der Waals surface area (Å²) in [4.78, 5) is 28.6. The number of carbonyl (C=O) groups excluding carboxylic acids is 2. The van der Waals surface area contributed by atoms with E-state index in [1.54, 1.807) is 0 Å². The third-order valence-corrected chi connectivity index (χ3v) is 4.67. The van der Waals surface area contributed by atoms with Crippen LogP contribution in [0.2, 0.25) is 0 Å². The Kier molecular flexibility index (Phi) is 6.79. The van der Waals surface area contributed by atoms with E-state index >= 15 is 0 Å². The van der Waals surface area contributed by atoms with Crippen LogP contribution in [0, 0.1) is 0 Å². The van der Waals surface area contributed by atoms with Crippen LogP contribution in [-0.4, -0.2) is 38.4 Å². The smallest absolute Gasteiger partial charge is 0.321 e. The summed E-state index contributed by atoms with van der Waals surface area (Å²) in [7, 11) is 0. The fourth-order valence-electron chi connectivity index (χ4n) is 2.62. The summed E-state index contributed by atoms with van der Waals surface area (Å²) >= 11 is 1.12. The summed E-state index contributed by atoms with van der Waals surface area (Å²) in [5.41, 5.74) is 2.74. The van der Waals surface area contributed by atoms with Crippen molar-refractivity contribution in [2.45, 2.75) is 31.5 Å². The Balaban J connectivity index is 1.77. The molecule has 0 aliphatic carbocycles. The van der Waals surface area contributed by atoms with Crippen molar-refractivity contribution in [3.05, 3.63) is 60.7 Å². The van der Waals surface area contributed by atoms with Crippen LogP contribution < -0.4 is 10.6 Å². The molecular formula is C22H23N5O2S. The lowest BCUT2D eigenvalue weighted by Crippen LogP contribution is -2.48. The second-order valence-electron chi connectivity index (χ2n) is 7.56. The van der Waals surface area contributed by atoms with E-state index in [1.165, 1.54) is 0 Å². The Hall–Kier alpha value is -3.26. The van der Waals surface area contributed by atoms with Crippen LogP contribution in [0.5, 0.6) is 0 Å². The van der Waals surface area contributed by atoms with Gasteiger partial charge in [0.25, 0.3) is 0 Å². The van der Waals surface area contributed by atoms with Crippen LogP contribution in [-0.2, 0) is 4.79 Å². The summed E-state index contributed by atoms with van der Waals surface area (Å²) in [6, 6.07) is 18.9. The Morgan fingerprint density at radius 3 is 2.00 bits per heavy atom. The van der Waals surface area contributed by atoms with Crippen molar-refractivity contribution in [2.24, 2.45) is 0 Å². The molecule has 0 saturated heterocycles. The molecule has 1 heterocycles. The van der Waals surface area contributed by atoms with Crippen LogP contribution in [0.3, 0.4) is 0 Å². The Labute approximate surface area is 179 Å². The predicted octanol–water partition coefficient (Wildman–Crippen LogP) is 3.92. The zero-order valence-electron chi connectivity index (χ0n) is 17.0. The van der Waals surface area contributed by atoms with Gasteiger partial charge in [-0.2, -0.15) is 0 Å². The molecule has 2 aromatic carbocycles. The number of carbonyl (C=O) groups is 2. The van der Waals surface area contributed by atoms with Crippen LogP contribution in [0.25, 0.3) is 22.5 Å². The molecule has 0 aliphatic heterocycles. The van der Waals surface area contributed by atoms with E-state index in [0.29, 0.717) is 16.5 Å². The van der Waals surface area contributed by atoms with Gasteiger partial charge < -0.3 is 5.32 Å². The van der Waals surface area contributed by atoms with E-state index in [2.05, 4.69) is 25.8 Å². The molecule has 30 heavy (non-hydrogen) atoms. The van der Waals surface area contributed by atoms with Crippen molar-refractivity contribution >= 4 is 23.7 Å². The number of urea groups is 1. The molecule has 0 fully saturated rings. The lowest BCUT2D eigenvalue weighted by Gasteiger charge is -2.20. The van der Waals surface area contributed by atoms with E-state index in [0.717, 1.165) is 22.9 Å². The van der Waals surface area contributed by atoms with Crippen molar-refractivity contribution in [1.29, 1.82) is 0 Å². The molecule has 3 rings (SSSR count). The van der Waals surface area contributed by atoms with Gasteiger partial charge in [0.1, 0.15) is 11.4 Å². The van der Waals surface area contributed by atoms with Crippen LogP contribution in [0.4, 0.5) is 4.79 Å². The average molecular weight is 422 g/mol. The first-order valence-corrected chi connectivity index (χ1v) is 10.4. The standard InChI is InChI=1S/C22H23N5O2S/c1-22(2,3)25-20(29)23-17(28)14-30-21-24-18(15-10-6-4-7-11-15)19(26-27-21)16-12-8-5-9-13-16/h4-13H,14H2,1-3H3,(H2,23,25,28,29). The molecule has 0 radical (unpaired) electrons. The second-order valence-corrected chi connectivity index (χ2v) is 8.51. The summed E-state index contributed by atoms with van der Waals surface area (Å²) < 4.78 is 0. The first-order valence-electron chi connectivity index (χ1n) is 9.42. The maximum Gasteiger partial charge on any atom is 0.321 e. The molecule has 0 bridgehead atoms. The molecule has 7 nitrogen and oxygen atoms in total. The SMILES string of the molecule is CC(C)(C)NC(=O)NC(=O)CSc1nnc(-c2ccccc2)c(-c2ccccc2)n1. The number of aromatic nitrogens is 3. The van der Waals surface area contributed by atoms with Gasteiger partial charge in [-0.15, -0.1) is 10.2 Å². The number of imide groups is 1. The Morgan fingerprint density at radius 1 is 0.867 bits per heavy atom. The van der Waals surface area contributed by atoms with Crippen LogP contribution in [0.1, 0.15) is 20.8 Å². The highest BCUT2D eigenvalue weighted by Crippen LogP contribution is 2.29. The Bertz CT molecular complexity index is 1020. The van der Waals surface area contributed by atoms with Crippen molar-refractivity contribution in [3.8, 4) is 22.5 Å². The summed E-state index contributed by atoms with van der Waals surface area (Å²) in [5, 5.41) is 13.9. The van der Waals surface area contributed by atoms with Crippen molar-refractivity contribution < 1.29 is 9.59 Å². The number of amides is 3. The largest absolute Gasteiger partial charge is 0.333 e. The summed E-state index contributed by atoms with van der Waals surface area (Å²) in [6.45, 7) is 5.51. The lowest BCUT2D eigenvalue weighted by molar-refractivity contribution is -0.117. The molecule has 154 valence electrons. The number of hydrogen-bond donors (Lipinski definition) is 2. The van der Waals surface area contributed by atoms with E-state index in [4.69, 9.17) is 0 Å². The highest BCUT2D eigenvalue weighted by Gasteiger charge is 2.17. The number of nitrogens with one attached hydrogen (secondary N) is 2. The van der Waals surface area contributed by atoms with Crippen molar-refractivity contribution in [2.75, 3.05) is 5.75 Å². The molecule has 0 unspecified atom stereocenters. The van der Waals surface area contributed by atoms with Crippen LogP contribution >= 0.6 is 11.8 Å². The maximum absolute atomic E-state index is 12.1. The molecule has 0 aliphatic rings. The molecule has 0 saturated carbocycles. The highest BCUT2D eigenvalue weighted by molar-refractivity contribution is 7.99. The topological polar surface area (TPSA) is 96.9 Å². The monoisotopic (exact) mass is 421 g/mol. The summed E-state index contributed by atoms with van der Waals surface area (Å²) in [5.74, 6) is -0.434. The number of rotatable bonds is 5. The number of hydrogen-bond acceptors (Lipinski definition) is 6. The molecule has 1 aromatic heterocycles. The summed E-state index contributed by atoms with van der Waals surface area (Å²) in [6.07, 6.45) is 0. The highest BCUT2D eigenvalue weighted by atomic mass is 32.2. The molecular weight excluding hydrogens is 398 g/mol. The van der Waals surface area contributed by atoms with Gasteiger partial charge in [-0.25, -0.2) is 9.78 Å². The quantitative estimate of drug-likeness (QED) is 0.606. The predicted molar refractivity (Wildman–Crippen MR) is 118 cm³/mol. The first kappa shape index (κ1) is 21.4. The van der Waals surface area contributed by atoms with Gasteiger partial charge in [0.15, 0.2) is 0 Å². The average Bonchev–Trinajstić information content (AvgIpc) is 2.72. The first-order chi connectivity index (χ1) is 14.3. The zero-order valence-corrected chi connectivity index (χ0v) is 17.9. The number of benzene rings is 2. The van der Waals surface area contributed by atoms with E-state index in [9.17, 15) is 9.59 Å². The van der Waals surface area contributed by atoms with Gasteiger partial charge in [0.2, 0.25) is 11.1 Å². The third-order valence-electron chi connectivity index (χ3n) is 3.84. The van der Waals surface area contributed by atoms with Gasteiger partial charge >= 0.3 is 6.03 Å². The molecule has 8 heteroatoms. The molecule has 2 N–H and O–H groups in total. The lowest BCUT2D eigenvalue weighted by atomic mass is 10.0.